The number of carbonyl (C=O) groups is 1. The van der Waals surface area contributed by atoms with Gasteiger partial charge in [-0.25, -0.2) is 0 Å². The van der Waals surface area contributed by atoms with Crippen LogP contribution in [0.25, 0.3) is 21.7 Å². The second-order valence-electron chi connectivity index (χ2n) is 9.45. The zero-order valence-corrected chi connectivity index (χ0v) is 21.4. The summed E-state index contributed by atoms with van der Waals surface area (Å²) in [5.41, 5.74) is 3.92. The second kappa shape index (κ2) is 11.2. The minimum atomic E-state index is -0.467. The number of pyridine rings is 1. The first kappa shape index (κ1) is 25.1. The molecule has 0 saturated carbocycles. The van der Waals surface area contributed by atoms with E-state index in [9.17, 15) is 9.90 Å². The fourth-order valence-electron chi connectivity index (χ4n) is 4.49. The number of hydrogen-bond acceptors (Lipinski definition) is 4. The number of hydrogen-bond donors (Lipinski definition) is 3. The minimum Gasteiger partial charge on any atom is -0.490 e. The Morgan fingerprint density at radius 2 is 1.82 bits per heavy atom. The summed E-state index contributed by atoms with van der Waals surface area (Å²) in [4.78, 5) is 21.0. The van der Waals surface area contributed by atoms with Gasteiger partial charge in [0.2, 0.25) is 0 Å². The molecule has 38 heavy (non-hydrogen) atoms. The van der Waals surface area contributed by atoms with Crippen LogP contribution in [0.5, 0.6) is 5.75 Å². The molecular formula is C32H29N3O3. The number of nitrogens with zero attached hydrogens (tertiary/aromatic N) is 1. The fraction of sp³-hybridized carbons (Fsp3) is 0.188. The number of aliphatic hydroxyl groups excluding tert-OH is 1. The summed E-state index contributed by atoms with van der Waals surface area (Å²) >= 11 is 0. The number of H-pyrrole nitrogens is 1. The van der Waals surface area contributed by atoms with E-state index in [-0.39, 0.29) is 18.6 Å². The van der Waals surface area contributed by atoms with Crippen molar-refractivity contribution in [3.8, 4) is 17.6 Å². The Morgan fingerprint density at radius 1 is 1.03 bits per heavy atom. The third kappa shape index (κ3) is 5.54. The molecule has 5 aromatic rings. The summed E-state index contributed by atoms with van der Waals surface area (Å²) in [7, 11) is 0. The molecule has 1 atom stereocenters. The summed E-state index contributed by atoms with van der Waals surface area (Å²) in [6, 6.07) is 20.8. The Bertz CT molecular complexity index is 1650. The number of aliphatic hydroxyl groups is 1. The maximum absolute atomic E-state index is 13.4. The van der Waals surface area contributed by atoms with Crippen molar-refractivity contribution in [1.29, 1.82) is 0 Å². The highest BCUT2D eigenvalue weighted by Gasteiger charge is 2.19. The highest BCUT2D eigenvalue weighted by Crippen LogP contribution is 2.23. The molecular weight excluding hydrogens is 474 g/mol. The number of amides is 1. The Morgan fingerprint density at radius 3 is 2.63 bits per heavy atom. The molecule has 0 aliphatic heterocycles. The van der Waals surface area contributed by atoms with Crippen molar-refractivity contribution in [2.24, 2.45) is 0 Å². The maximum Gasteiger partial charge on any atom is 0.255 e. The van der Waals surface area contributed by atoms with Gasteiger partial charge in [0, 0.05) is 45.8 Å². The van der Waals surface area contributed by atoms with E-state index in [1.54, 1.807) is 18.3 Å². The average molecular weight is 504 g/mol. The molecule has 3 aromatic carbocycles. The van der Waals surface area contributed by atoms with Gasteiger partial charge in [-0.3, -0.25) is 9.78 Å². The Balaban J connectivity index is 1.42. The molecule has 0 fully saturated rings. The zero-order chi connectivity index (χ0) is 26.5. The van der Waals surface area contributed by atoms with Gasteiger partial charge >= 0.3 is 0 Å². The lowest BCUT2D eigenvalue weighted by atomic mass is 10.0. The van der Waals surface area contributed by atoms with Crippen molar-refractivity contribution >= 4 is 27.6 Å². The number of rotatable bonds is 7. The van der Waals surface area contributed by atoms with Gasteiger partial charge in [-0.1, -0.05) is 54.3 Å². The van der Waals surface area contributed by atoms with Crippen LogP contribution in [-0.4, -0.2) is 39.7 Å². The number of benzene rings is 3. The van der Waals surface area contributed by atoms with Gasteiger partial charge in [0.25, 0.3) is 5.91 Å². The summed E-state index contributed by atoms with van der Waals surface area (Å²) < 4.78 is 5.93. The van der Waals surface area contributed by atoms with Gasteiger partial charge in [-0.2, -0.15) is 0 Å². The van der Waals surface area contributed by atoms with Crippen LogP contribution < -0.4 is 10.1 Å². The van der Waals surface area contributed by atoms with E-state index in [1.807, 2.05) is 80.8 Å². The molecule has 0 unspecified atom stereocenters. The lowest BCUT2D eigenvalue weighted by molar-refractivity contribution is 0.0910. The summed E-state index contributed by atoms with van der Waals surface area (Å²) in [5, 5.41) is 16.2. The van der Waals surface area contributed by atoms with Gasteiger partial charge in [0.05, 0.1) is 29.9 Å². The largest absolute Gasteiger partial charge is 0.490 e. The molecule has 1 amide bonds. The third-order valence-corrected chi connectivity index (χ3v) is 6.29. The molecule has 2 heterocycles. The van der Waals surface area contributed by atoms with Crippen LogP contribution in [0.3, 0.4) is 0 Å². The number of aromatic amines is 1. The van der Waals surface area contributed by atoms with Crippen LogP contribution in [0.4, 0.5) is 0 Å². The maximum atomic E-state index is 13.4. The quantitative estimate of drug-likeness (QED) is 0.265. The predicted molar refractivity (Wildman–Crippen MR) is 150 cm³/mol. The number of aromatic nitrogens is 2. The predicted octanol–water partition coefficient (Wildman–Crippen LogP) is 5.24. The van der Waals surface area contributed by atoms with Crippen LogP contribution >= 0.6 is 0 Å². The minimum absolute atomic E-state index is 0.111. The SMILES string of the molecule is CC(C)Oc1ccc(C#Cc2cncc3ccccc23)cc1C(=O)N[C@@H](CO)Cc1c[nH]c2ccccc12. The van der Waals surface area contributed by atoms with E-state index in [2.05, 4.69) is 27.1 Å². The topological polar surface area (TPSA) is 87.2 Å². The van der Waals surface area contributed by atoms with E-state index < -0.39 is 6.04 Å². The van der Waals surface area contributed by atoms with E-state index in [0.717, 1.165) is 32.8 Å². The molecule has 0 radical (unpaired) electrons. The van der Waals surface area contributed by atoms with Crippen molar-refractivity contribution in [1.82, 2.24) is 15.3 Å². The Hall–Kier alpha value is -4.60. The molecule has 0 spiro atoms. The summed E-state index contributed by atoms with van der Waals surface area (Å²) in [6.07, 6.45) is 5.86. The van der Waals surface area contributed by atoms with Crippen LogP contribution in [0, 0.1) is 11.8 Å². The molecule has 0 aliphatic carbocycles. The van der Waals surface area contributed by atoms with Crippen LogP contribution in [0.1, 0.15) is 40.9 Å². The van der Waals surface area contributed by atoms with Gasteiger partial charge in [0.1, 0.15) is 5.75 Å². The first-order valence-corrected chi connectivity index (χ1v) is 12.6. The van der Waals surface area contributed by atoms with Crippen LogP contribution in [0.2, 0.25) is 0 Å². The van der Waals surface area contributed by atoms with Crippen molar-refractivity contribution in [3.63, 3.8) is 0 Å². The first-order chi connectivity index (χ1) is 18.5. The number of fused-ring (bicyclic) bond motifs is 2. The van der Waals surface area contributed by atoms with Crippen molar-refractivity contribution in [2.75, 3.05) is 6.61 Å². The summed E-state index contributed by atoms with van der Waals surface area (Å²) in [6.45, 7) is 3.63. The lowest BCUT2D eigenvalue weighted by Gasteiger charge is -2.19. The molecule has 0 aliphatic rings. The molecule has 0 bridgehead atoms. The second-order valence-corrected chi connectivity index (χ2v) is 9.45. The highest BCUT2D eigenvalue weighted by atomic mass is 16.5. The average Bonchev–Trinajstić information content (AvgIpc) is 3.34. The van der Waals surface area contributed by atoms with Gasteiger partial charge in [0.15, 0.2) is 0 Å². The zero-order valence-electron chi connectivity index (χ0n) is 21.4. The monoisotopic (exact) mass is 503 g/mol. The highest BCUT2D eigenvalue weighted by molar-refractivity contribution is 5.97. The third-order valence-electron chi connectivity index (χ3n) is 6.29. The van der Waals surface area contributed by atoms with E-state index >= 15 is 0 Å². The van der Waals surface area contributed by atoms with Crippen molar-refractivity contribution in [3.05, 3.63) is 108 Å². The van der Waals surface area contributed by atoms with Crippen LogP contribution in [-0.2, 0) is 6.42 Å². The van der Waals surface area contributed by atoms with E-state index in [0.29, 0.717) is 23.3 Å². The molecule has 2 aromatic heterocycles. The smallest absolute Gasteiger partial charge is 0.255 e. The number of carbonyl (C=O) groups excluding carboxylic acids is 1. The Labute approximate surface area is 221 Å². The van der Waals surface area contributed by atoms with Gasteiger partial charge in [-0.15, -0.1) is 0 Å². The normalized spacial score (nSPS) is 11.8. The van der Waals surface area contributed by atoms with E-state index in [1.165, 1.54) is 0 Å². The lowest BCUT2D eigenvalue weighted by Crippen LogP contribution is -2.39. The van der Waals surface area contributed by atoms with Gasteiger partial charge in [-0.05, 0) is 50.1 Å². The van der Waals surface area contributed by atoms with E-state index in [4.69, 9.17) is 4.74 Å². The molecule has 0 saturated heterocycles. The fourth-order valence-corrected chi connectivity index (χ4v) is 4.49. The molecule has 5 rings (SSSR count). The molecule has 190 valence electrons. The first-order valence-electron chi connectivity index (χ1n) is 12.6. The van der Waals surface area contributed by atoms with Gasteiger partial charge < -0.3 is 20.1 Å². The molecule has 3 N–H and O–H groups in total. The van der Waals surface area contributed by atoms with Crippen molar-refractivity contribution < 1.29 is 14.6 Å². The van der Waals surface area contributed by atoms with Crippen LogP contribution in [0.15, 0.2) is 85.3 Å². The Kier molecular flexibility index (Phi) is 7.39. The number of para-hydroxylation sites is 1. The number of nitrogens with one attached hydrogen (secondary N) is 2. The summed E-state index contributed by atoms with van der Waals surface area (Å²) in [5.74, 6) is 6.52. The molecule has 6 nitrogen and oxygen atoms in total. The molecule has 6 heteroatoms. The van der Waals surface area contributed by atoms with Crippen molar-refractivity contribution in [2.45, 2.75) is 32.4 Å². The standard InChI is InChI=1S/C32H29N3O3/c1-21(2)38-31-14-12-22(11-13-24-18-33-17-23-7-3-4-8-27(23)24)15-29(31)32(37)35-26(20-36)16-25-19-34-30-10-6-5-9-28(25)30/h3-10,12,14-15,17-19,21,26,34,36H,16,20H2,1-2H3,(H,35,37)/t26-/m1/s1. The number of ether oxygens (including phenoxy) is 1.